The lowest BCUT2D eigenvalue weighted by atomic mass is 9.92. The van der Waals surface area contributed by atoms with Crippen molar-refractivity contribution in [2.45, 2.75) is 45.6 Å². The second kappa shape index (κ2) is 10.2. The van der Waals surface area contributed by atoms with Crippen LogP contribution >= 0.6 is 0 Å². The maximum Gasteiger partial charge on any atom is 0.326 e. The normalized spacial score (nSPS) is 18.5. The average Bonchev–Trinajstić information content (AvgIpc) is 2.90. The first kappa shape index (κ1) is 23.3. The number of carbonyl (C=O) groups excluding carboxylic acids is 4. The summed E-state index contributed by atoms with van der Waals surface area (Å²) in [7, 11) is 0. The third-order valence-corrected chi connectivity index (χ3v) is 4.87. The number of nitrogens with zero attached hydrogens (tertiary/aromatic N) is 1. The van der Waals surface area contributed by atoms with Gasteiger partial charge in [0.05, 0.1) is 0 Å². The average molecular weight is 421 g/mol. The molecule has 1 heterocycles. The fraction of sp³-hybridized carbons (Fsp3) is 0.524. The number of imide groups is 1. The Morgan fingerprint density at radius 1 is 1.23 bits per heavy atom. The highest BCUT2D eigenvalue weighted by molar-refractivity contribution is 6.08. The summed E-state index contributed by atoms with van der Waals surface area (Å²) >= 11 is 0. The Hall–Kier alpha value is -2.97. The molecular weight excluding hydrogens is 393 g/mol. The number of amides is 4. The van der Waals surface area contributed by atoms with Gasteiger partial charge in [-0.1, -0.05) is 26.0 Å². The molecule has 0 aromatic heterocycles. The van der Waals surface area contributed by atoms with E-state index in [1.807, 2.05) is 13.8 Å². The molecule has 0 bridgehead atoms. The molecular formula is C21H28FN3O5. The summed E-state index contributed by atoms with van der Waals surface area (Å²) in [4.78, 5) is 49.3. The summed E-state index contributed by atoms with van der Waals surface area (Å²) in [6.45, 7) is 4.90. The molecule has 1 aliphatic rings. The van der Waals surface area contributed by atoms with Crippen molar-refractivity contribution in [2.75, 3.05) is 19.7 Å². The van der Waals surface area contributed by atoms with Gasteiger partial charge in [-0.25, -0.2) is 9.18 Å². The van der Waals surface area contributed by atoms with Crippen molar-refractivity contribution >= 4 is 23.8 Å². The van der Waals surface area contributed by atoms with Crippen LogP contribution in [0.15, 0.2) is 24.3 Å². The van der Waals surface area contributed by atoms with E-state index < -0.39 is 42.5 Å². The topological polar surface area (TPSA) is 105 Å². The van der Waals surface area contributed by atoms with Crippen LogP contribution < -0.4 is 10.6 Å². The van der Waals surface area contributed by atoms with E-state index >= 15 is 0 Å². The molecule has 0 unspecified atom stereocenters. The van der Waals surface area contributed by atoms with Crippen LogP contribution in [-0.4, -0.2) is 54.0 Å². The number of carbonyl (C=O) groups is 4. The lowest BCUT2D eigenvalue weighted by molar-refractivity contribution is -0.151. The van der Waals surface area contributed by atoms with E-state index in [2.05, 4.69) is 10.6 Å². The van der Waals surface area contributed by atoms with E-state index in [1.54, 1.807) is 19.1 Å². The first-order chi connectivity index (χ1) is 14.1. The van der Waals surface area contributed by atoms with Crippen molar-refractivity contribution in [3.05, 3.63) is 35.6 Å². The van der Waals surface area contributed by atoms with E-state index in [1.165, 1.54) is 12.1 Å². The smallest absolute Gasteiger partial charge is 0.326 e. The Labute approximate surface area is 175 Å². The molecule has 30 heavy (non-hydrogen) atoms. The van der Waals surface area contributed by atoms with Gasteiger partial charge < -0.3 is 15.4 Å². The van der Waals surface area contributed by atoms with Gasteiger partial charge in [0.2, 0.25) is 0 Å². The third kappa shape index (κ3) is 6.53. The zero-order chi connectivity index (χ0) is 22.3. The Morgan fingerprint density at radius 2 is 1.90 bits per heavy atom. The van der Waals surface area contributed by atoms with Gasteiger partial charge in [0, 0.05) is 6.54 Å². The highest BCUT2D eigenvalue weighted by Crippen LogP contribution is 2.24. The van der Waals surface area contributed by atoms with Gasteiger partial charge >= 0.3 is 12.0 Å². The fourth-order valence-corrected chi connectivity index (χ4v) is 3.01. The number of nitrogens with one attached hydrogen (secondary N) is 2. The molecule has 1 aliphatic heterocycles. The largest absolute Gasteiger partial charge is 0.454 e. The van der Waals surface area contributed by atoms with Crippen molar-refractivity contribution in [1.82, 2.24) is 15.5 Å². The molecule has 9 heteroatoms. The SMILES string of the molecule is CC(C)CC[C@@]1(C)NC(=O)N(CC(=O)OCC(=O)NCCc2ccc(F)cc2)C1=O. The molecule has 0 saturated carbocycles. The van der Waals surface area contributed by atoms with Crippen molar-refractivity contribution < 1.29 is 28.3 Å². The van der Waals surface area contributed by atoms with Crippen LogP contribution in [0.2, 0.25) is 0 Å². The van der Waals surface area contributed by atoms with Crippen molar-refractivity contribution in [3.63, 3.8) is 0 Å². The predicted octanol–water partition coefficient (Wildman–Crippen LogP) is 1.77. The van der Waals surface area contributed by atoms with Crippen LogP contribution in [0.25, 0.3) is 0 Å². The zero-order valence-corrected chi connectivity index (χ0v) is 17.5. The standard InChI is InChI=1S/C21H28FN3O5/c1-14(2)8-10-21(3)19(28)25(20(29)24-21)12-18(27)30-13-17(26)23-11-9-15-4-6-16(22)7-5-15/h4-7,14H,8-13H2,1-3H3,(H,23,26)(H,24,29)/t21-/m1/s1. The Bertz CT molecular complexity index is 796. The van der Waals surface area contributed by atoms with Crippen LogP contribution in [0.3, 0.4) is 0 Å². The molecule has 1 atom stereocenters. The molecule has 8 nitrogen and oxygen atoms in total. The van der Waals surface area contributed by atoms with E-state index in [0.717, 1.165) is 16.9 Å². The third-order valence-electron chi connectivity index (χ3n) is 4.87. The van der Waals surface area contributed by atoms with Gasteiger partial charge in [-0.15, -0.1) is 0 Å². The summed E-state index contributed by atoms with van der Waals surface area (Å²) in [5.41, 5.74) is -0.188. The molecule has 0 aliphatic carbocycles. The first-order valence-electron chi connectivity index (χ1n) is 9.91. The quantitative estimate of drug-likeness (QED) is 0.443. The molecule has 1 aromatic rings. The Balaban J connectivity index is 1.73. The van der Waals surface area contributed by atoms with Crippen LogP contribution in [0, 0.1) is 11.7 Å². The second-order valence-corrected chi connectivity index (χ2v) is 7.97. The van der Waals surface area contributed by atoms with Gasteiger partial charge in [-0.2, -0.15) is 0 Å². The van der Waals surface area contributed by atoms with E-state index in [0.29, 0.717) is 25.3 Å². The number of hydrogen-bond acceptors (Lipinski definition) is 5. The fourth-order valence-electron chi connectivity index (χ4n) is 3.01. The van der Waals surface area contributed by atoms with Crippen LogP contribution in [-0.2, 0) is 25.5 Å². The first-order valence-corrected chi connectivity index (χ1v) is 9.91. The summed E-state index contributed by atoms with van der Waals surface area (Å²) in [6.07, 6.45) is 1.72. The molecule has 0 radical (unpaired) electrons. The molecule has 164 valence electrons. The Kier molecular flexibility index (Phi) is 7.91. The number of benzene rings is 1. The second-order valence-electron chi connectivity index (χ2n) is 7.97. The number of urea groups is 1. The number of esters is 1. The van der Waals surface area contributed by atoms with Crippen LogP contribution in [0.5, 0.6) is 0 Å². The van der Waals surface area contributed by atoms with Crippen molar-refractivity contribution in [2.24, 2.45) is 5.92 Å². The van der Waals surface area contributed by atoms with Gasteiger partial charge in [-0.3, -0.25) is 19.3 Å². The minimum atomic E-state index is -1.04. The Morgan fingerprint density at radius 3 is 2.53 bits per heavy atom. The molecule has 0 spiro atoms. The summed E-state index contributed by atoms with van der Waals surface area (Å²) in [5.74, 6) is -1.80. The summed E-state index contributed by atoms with van der Waals surface area (Å²) in [6, 6.07) is 5.26. The maximum absolute atomic E-state index is 12.9. The number of rotatable bonds is 10. The molecule has 2 N–H and O–H groups in total. The lowest BCUT2D eigenvalue weighted by Gasteiger charge is -2.22. The van der Waals surface area contributed by atoms with E-state index in [9.17, 15) is 23.6 Å². The van der Waals surface area contributed by atoms with Crippen molar-refractivity contribution in [3.8, 4) is 0 Å². The molecule has 1 fully saturated rings. The number of halogens is 1. The van der Waals surface area contributed by atoms with Crippen LogP contribution in [0.4, 0.5) is 9.18 Å². The molecule has 2 rings (SSSR count). The van der Waals surface area contributed by atoms with Gasteiger partial charge in [0.1, 0.15) is 17.9 Å². The predicted molar refractivity (Wildman–Crippen MR) is 107 cm³/mol. The molecule has 1 aromatic carbocycles. The highest BCUT2D eigenvalue weighted by atomic mass is 19.1. The highest BCUT2D eigenvalue weighted by Gasteiger charge is 2.48. The minimum absolute atomic E-state index is 0.295. The van der Waals surface area contributed by atoms with Gasteiger partial charge in [0.15, 0.2) is 6.61 Å². The lowest BCUT2D eigenvalue weighted by Crippen LogP contribution is -2.44. The zero-order valence-electron chi connectivity index (χ0n) is 17.5. The van der Waals surface area contributed by atoms with Gasteiger partial charge in [-0.05, 0) is 49.8 Å². The number of ether oxygens (including phenoxy) is 1. The minimum Gasteiger partial charge on any atom is -0.454 e. The van der Waals surface area contributed by atoms with Crippen molar-refractivity contribution in [1.29, 1.82) is 0 Å². The summed E-state index contributed by atoms with van der Waals surface area (Å²) in [5, 5.41) is 5.21. The molecule has 1 saturated heterocycles. The van der Waals surface area contributed by atoms with Crippen LogP contribution in [0.1, 0.15) is 39.2 Å². The number of hydrogen-bond donors (Lipinski definition) is 2. The van der Waals surface area contributed by atoms with E-state index in [4.69, 9.17) is 4.74 Å². The molecule has 4 amide bonds. The van der Waals surface area contributed by atoms with Gasteiger partial charge in [0.25, 0.3) is 11.8 Å². The summed E-state index contributed by atoms with van der Waals surface area (Å²) < 4.78 is 17.7. The maximum atomic E-state index is 12.9. The monoisotopic (exact) mass is 421 g/mol. The van der Waals surface area contributed by atoms with E-state index in [-0.39, 0.29) is 5.82 Å².